The van der Waals surface area contributed by atoms with Crippen molar-refractivity contribution < 1.29 is 9.53 Å². The van der Waals surface area contributed by atoms with Gasteiger partial charge in [0.2, 0.25) is 5.91 Å². The quantitative estimate of drug-likeness (QED) is 0.684. The molecule has 0 spiro atoms. The van der Waals surface area contributed by atoms with Crippen molar-refractivity contribution in [2.45, 2.75) is 39.1 Å². The lowest BCUT2D eigenvalue weighted by atomic mass is 10.3. The molecule has 1 saturated heterocycles. The summed E-state index contributed by atoms with van der Waals surface area (Å²) in [7, 11) is 1.66. The molecule has 0 saturated carbocycles. The number of nitrogens with one attached hydrogen (secondary N) is 1. The summed E-state index contributed by atoms with van der Waals surface area (Å²) in [4.78, 5) is 13.4. The minimum atomic E-state index is -0.0564. The van der Waals surface area contributed by atoms with Crippen LogP contribution in [0.25, 0.3) is 0 Å². The van der Waals surface area contributed by atoms with Crippen LogP contribution in [0, 0.1) is 0 Å². The van der Waals surface area contributed by atoms with Crippen molar-refractivity contribution in [3.05, 3.63) is 0 Å². The number of hydrogen-bond acceptors (Lipinski definition) is 3. The minimum absolute atomic E-state index is 0.0564. The first-order chi connectivity index (χ1) is 6.06. The Morgan fingerprint density at radius 3 is 2.62 bits per heavy atom. The van der Waals surface area contributed by atoms with Crippen LogP contribution in [-0.2, 0) is 9.53 Å². The van der Waals surface area contributed by atoms with E-state index in [1.165, 1.54) is 0 Å². The molecule has 4 nitrogen and oxygen atoms in total. The van der Waals surface area contributed by atoms with E-state index < -0.39 is 0 Å². The second-order valence-corrected chi connectivity index (χ2v) is 3.60. The lowest BCUT2D eigenvalue weighted by Gasteiger charge is -2.23. The van der Waals surface area contributed by atoms with Gasteiger partial charge in [-0.3, -0.25) is 10.1 Å². The fourth-order valence-electron chi connectivity index (χ4n) is 1.56. The Kier molecular flexibility index (Phi) is 3.27. The largest absolute Gasteiger partial charge is 0.380 e. The summed E-state index contributed by atoms with van der Waals surface area (Å²) in [6.45, 7) is 6.50. The Balaban J connectivity index is 2.53. The molecule has 0 aromatic rings. The molecular formula is C9H18N2O2. The Labute approximate surface area is 79.2 Å². The highest BCUT2D eigenvalue weighted by atomic mass is 16.5. The van der Waals surface area contributed by atoms with Gasteiger partial charge in [0.05, 0.1) is 18.3 Å². The van der Waals surface area contributed by atoms with Crippen LogP contribution in [0.5, 0.6) is 0 Å². The fourth-order valence-corrected chi connectivity index (χ4v) is 1.56. The highest BCUT2D eigenvalue weighted by Gasteiger charge is 2.33. The van der Waals surface area contributed by atoms with Gasteiger partial charge in [-0.05, 0) is 20.8 Å². The monoisotopic (exact) mass is 186 g/mol. The lowest BCUT2D eigenvalue weighted by Crippen LogP contribution is -2.39. The molecule has 1 amide bonds. The van der Waals surface area contributed by atoms with Gasteiger partial charge in [-0.25, -0.2) is 0 Å². The Morgan fingerprint density at radius 1 is 1.62 bits per heavy atom. The van der Waals surface area contributed by atoms with Gasteiger partial charge >= 0.3 is 0 Å². The molecule has 1 aliphatic rings. The smallest absolute Gasteiger partial charge is 0.240 e. The van der Waals surface area contributed by atoms with E-state index in [-0.39, 0.29) is 24.2 Å². The zero-order valence-corrected chi connectivity index (χ0v) is 8.70. The summed E-state index contributed by atoms with van der Waals surface area (Å²) >= 11 is 0. The number of ether oxygens (including phenoxy) is 1. The maximum atomic E-state index is 11.6. The van der Waals surface area contributed by atoms with Crippen molar-refractivity contribution in [1.82, 2.24) is 10.2 Å². The number of amides is 1. The van der Waals surface area contributed by atoms with Crippen LogP contribution in [0.4, 0.5) is 0 Å². The molecule has 1 N–H and O–H groups in total. The Bertz CT molecular complexity index is 196. The van der Waals surface area contributed by atoms with E-state index in [1.54, 1.807) is 7.11 Å². The van der Waals surface area contributed by atoms with Crippen molar-refractivity contribution in [1.29, 1.82) is 0 Å². The summed E-state index contributed by atoms with van der Waals surface area (Å²) in [5.74, 6) is 0.163. The first kappa shape index (κ1) is 10.5. The van der Waals surface area contributed by atoms with E-state index in [2.05, 4.69) is 5.32 Å². The molecule has 0 aliphatic carbocycles. The molecule has 0 aromatic carbocycles. The van der Waals surface area contributed by atoms with Gasteiger partial charge in [0, 0.05) is 13.7 Å². The van der Waals surface area contributed by atoms with Crippen LogP contribution >= 0.6 is 0 Å². The summed E-state index contributed by atoms with van der Waals surface area (Å²) in [5, 5.41) is 3.17. The number of hydrogen-bond donors (Lipinski definition) is 1. The van der Waals surface area contributed by atoms with E-state index in [9.17, 15) is 4.79 Å². The zero-order chi connectivity index (χ0) is 10.0. The van der Waals surface area contributed by atoms with Crippen molar-refractivity contribution in [2.75, 3.05) is 13.7 Å². The average Bonchev–Trinajstić information content (AvgIpc) is 2.32. The number of rotatable bonds is 3. The molecule has 1 heterocycles. The van der Waals surface area contributed by atoms with Crippen LogP contribution in [-0.4, -0.2) is 42.8 Å². The summed E-state index contributed by atoms with van der Waals surface area (Å²) in [6.07, 6.45) is 0.221. The van der Waals surface area contributed by atoms with E-state index in [0.29, 0.717) is 6.54 Å². The maximum Gasteiger partial charge on any atom is 0.240 e. The third-order valence-electron chi connectivity index (χ3n) is 2.47. The van der Waals surface area contributed by atoms with Gasteiger partial charge in [0.1, 0.15) is 0 Å². The van der Waals surface area contributed by atoms with Gasteiger partial charge in [-0.15, -0.1) is 0 Å². The predicted octanol–water partition coefficient (Wildman–Crippen LogP) is 0.188. The number of methoxy groups -OCH3 is 1. The van der Waals surface area contributed by atoms with Crippen LogP contribution in [0.1, 0.15) is 20.8 Å². The average molecular weight is 186 g/mol. The number of carbonyl (C=O) groups is 1. The first-order valence-corrected chi connectivity index (χ1v) is 4.65. The highest BCUT2D eigenvalue weighted by Crippen LogP contribution is 2.10. The molecule has 13 heavy (non-hydrogen) atoms. The minimum Gasteiger partial charge on any atom is -0.380 e. The third-order valence-corrected chi connectivity index (χ3v) is 2.47. The lowest BCUT2D eigenvalue weighted by molar-refractivity contribution is -0.131. The Hall–Kier alpha value is -0.610. The van der Waals surface area contributed by atoms with Crippen LogP contribution in [0.2, 0.25) is 0 Å². The molecule has 4 heteroatoms. The second-order valence-electron chi connectivity index (χ2n) is 3.60. The van der Waals surface area contributed by atoms with Gasteiger partial charge in [0.15, 0.2) is 0 Å². The molecule has 0 bridgehead atoms. The van der Waals surface area contributed by atoms with Crippen LogP contribution < -0.4 is 5.32 Å². The molecule has 1 rings (SSSR count). The van der Waals surface area contributed by atoms with Crippen LogP contribution in [0.15, 0.2) is 0 Å². The molecule has 0 aromatic heterocycles. The van der Waals surface area contributed by atoms with Crippen molar-refractivity contribution in [2.24, 2.45) is 0 Å². The normalized spacial score (nSPS) is 31.1. The highest BCUT2D eigenvalue weighted by molar-refractivity contribution is 5.83. The third kappa shape index (κ3) is 2.19. The first-order valence-electron chi connectivity index (χ1n) is 4.65. The summed E-state index contributed by atoms with van der Waals surface area (Å²) < 4.78 is 5.12. The molecule has 0 radical (unpaired) electrons. The van der Waals surface area contributed by atoms with Crippen molar-refractivity contribution in [3.63, 3.8) is 0 Å². The number of nitrogens with zero attached hydrogens (tertiary/aromatic N) is 1. The second kappa shape index (κ2) is 4.07. The van der Waals surface area contributed by atoms with E-state index in [1.807, 2.05) is 25.7 Å². The van der Waals surface area contributed by atoms with Gasteiger partial charge in [-0.1, -0.05) is 0 Å². The van der Waals surface area contributed by atoms with Gasteiger partial charge < -0.3 is 9.64 Å². The van der Waals surface area contributed by atoms with Crippen molar-refractivity contribution in [3.8, 4) is 0 Å². The SMILES string of the molecule is COC(C)CN1C(=O)C(C)NC1C. The molecular weight excluding hydrogens is 168 g/mol. The van der Waals surface area contributed by atoms with E-state index in [4.69, 9.17) is 4.74 Å². The molecule has 1 fully saturated rings. The van der Waals surface area contributed by atoms with Crippen LogP contribution in [0.3, 0.4) is 0 Å². The fraction of sp³-hybridized carbons (Fsp3) is 0.889. The Morgan fingerprint density at radius 2 is 2.23 bits per heavy atom. The maximum absolute atomic E-state index is 11.6. The number of carbonyl (C=O) groups excluding carboxylic acids is 1. The topological polar surface area (TPSA) is 41.6 Å². The van der Waals surface area contributed by atoms with Gasteiger partial charge in [0.25, 0.3) is 0 Å². The summed E-state index contributed by atoms with van der Waals surface area (Å²) in [6, 6.07) is -0.0564. The molecule has 3 atom stereocenters. The van der Waals surface area contributed by atoms with Gasteiger partial charge in [-0.2, -0.15) is 0 Å². The standard InChI is InChI=1S/C9H18N2O2/c1-6(13-4)5-11-8(3)10-7(2)9(11)12/h6-8,10H,5H2,1-4H3. The predicted molar refractivity (Wildman–Crippen MR) is 50.2 cm³/mol. The van der Waals surface area contributed by atoms with Crippen molar-refractivity contribution >= 4 is 5.91 Å². The van der Waals surface area contributed by atoms with E-state index in [0.717, 1.165) is 0 Å². The molecule has 1 aliphatic heterocycles. The summed E-state index contributed by atoms with van der Waals surface area (Å²) in [5.41, 5.74) is 0. The molecule has 76 valence electrons. The molecule has 3 unspecified atom stereocenters. The van der Waals surface area contributed by atoms with E-state index >= 15 is 0 Å². The zero-order valence-electron chi connectivity index (χ0n) is 8.70.